The molecular formula is C32H48Br4O2. The number of carbonyl (C=O) groups excluding carboxylic acids is 2. The number of hydrogen-bond donors (Lipinski definition) is 0. The van der Waals surface area contributed by atoms with E-state index in [1.807, 2.05) is 13.8 Å². The molecule has 0 aromatic heterocycles. The fourth-order valence-electron chi connectivity index (χ4n) is 11.1. The SMILES string of the molecule is CC(=O)[C@]12CCCC(C)(C)[C@H]1[C@@H]1C(Br)(Br)[C@]1(C)CC2.CC(=O)[C@]12CCCC(C)(C)[C@H]1[C@@H]1C(Br)(Br)[C@]1(C)CC2. The van der Waals surface area contributed by atoms with Crippen LogP contribution >= 0.6 is 63.7 Å². The van der Waals surface area contributed by atoms with Crippen molar-refractivity contribution in [2.45, 2.75) is 126 Å². The third kappa shape index (κ3) is 3.82. The second-order valence-corrected chi connectivity index (χ2v) is 23.2. The van der Waals surface area contributed by atoms with Gasteiger partial charge in [0.25, 0.3) is 0 Å². The summed E-state index contributed by atoms with van der Waals surface area (Å²) in [5.74, 6) is 3.10. The fraction of sp³-hybridized carbons (Fsp3) is 0.938. The Labute approximate surface area is 265 Å². The summed E-state index contributed by atoms with van der Waals surface area (Å²) in [5, 5.41) is 0. The number of rotatable bonds is 2. The van der Waals surface area contributed by atoms with E-state index in [4.69, 9.17) is 0 Å². The first-order chi connectivity index (χ1) is 17.2. The molecule has 0 N–H and O–H groups in total. The molecule has 0 heterocycles. The lowest BCUT2D eigenvalue weighted by Gasteiger charge is -2.55. The molecule has 6 aliphatic carbocycles. The molecule has 6 heteroatoms. The van der Waals surface area contributed by atoms with E-state index in [0.717, 1.165) is 25.7 Å². The van der Waals surface area contributed by atoms with Gasteiger partial charge in [-0.15, -0.1) is 0 Å². The molecule has 0 aromatic rings. The molecule has 6 rings (SSSR count). The maximum Gasteiger partial charge on any atom is 0.136 e. The van der Waals surface area contributed by atoms with Crippen LogP contribution in [0.5, 0.6) is 0 Å². The van der Waals surface area contributed by atoms with Gasteiger partial charge in [0, 0.05) is 10.8 Å². The molecule has 0 radical (unpaired) electrons. The minimum absolute atomic E-state index is 0.0464. The quantitative estimate of drug-likeness (QED) is 0.262. The van der Waals surface area contributed by atoms with E-state index in [9.17, 15) is 9.59 Å². The Morgan fingerprint density at radius 3 is 1.11 bits per heavy atom. The highest BCUT2D eigenvalue weighted by molar-refractivity contribution is 9.26. The largest absolute Gasteiger partial charge is 0.299 e. The summed E-state index contributed by atoms with van der Waals surface area (Å²) in [6.07, 6.45) is 11.7. The molecule has 6 aliphatic rings. The Balaban J connectivity index is 0.000000155. The summed E-state index contributed by atoms with van der Waals surface area (Å²) in [7, 11) is 0. The summed E-state index contributed by atoms with van der Waals surface area (Å²) < 4.78 is 0.118. The zero-order valence-corrected chi connectivity index (χ0v) is 31.1. The van der Waals surface area contributed by atoms with Crippen LogP contribution < -0.4 is 0 Å². The van der Waals surface area contributed by atoms with Crippen molar-refractivity contribution < 1.29 is 9.59 Å². The third-order valence-electron chi connectivity index (χ3n) is 13.5. The molecule has 8 atom stereocenters. The Morgan fingerprint density at radius 2 is 0.816 bits per heavy atom. The van der Waals surface area contributed by atoms with Gasteiger partial charge in [-0.2, -0.15) is 0 Å². The zero-order chi connectivity index (χ0) is 28.5. The van der Waals surface area contributed by atoms with Gasteiger partial charge in [0.15, 0.2) is 0 Å². The summed E-state index contributed by atoms with van der Waals surface area (Å²) in [4.78, 5) is 25.0. The minimum atomic E-state index is -0.0464. The molecule has 0 aliphatic heterocycles. The highest BCUT2D eigenvalue weighted by Crippen LogP contribution is 2.84. The van der Waals surface area contributed by atoms with Crippen molar-refractivity contribution in [2.24, 2.45) is 56.2 Å². The van der Waals surface area contributed by atoms with Gasteiger partial charge >= 0.3 is 0 Å². The van der Waals surface area contributed by atoms with Crippen LogP contribution in [0.25, 0.3) is 0 Å². The lowest BCUT2D eigenvalue weighted by atomic mass is 9.48. The van der Waals surface area contributed by atoms with Gasteiger partial charge in [-0.3, -0.25) is 9.59 Å². The highest BCUT2D eigenvalue weighted by Gasteiger charge is 2.81. The normalized spacial score (nSPS) is 50.0. The van der Waals surface area contributed by atoms with Crippen LogP contribution in [0.1, 0.15) is 120 Å². The van der Waals surface area contributed by atoms with Crippen LogP contribution in [0.15, 0.2) is 0 Å². The summed E-state index contributed by atoms with van der Waals surface area (Å²) in [6.45, 7) is 18.0. The molecular weight excluding hydrogens is 736 g/mol. The maximum atomic E-state index is 12.5. The van der Waals surface area contributed by atoms with Crippen molar-refractivity contribution in [3.05, 3.63) is 0 Å². The van der Waals surface area contributed by atoms with E-state index in [1.54, 1.807) is 0 Å². The molecule has 6 saturated carbocycles. The molecule has 0 spiro atoms. The molecule has 6 fully saturated rings. The van der Waals surface area contributed by atoms with E-state index in [1.165, 1.54) is 38.5 Å². The van der Waals surface area contributed by atoms with E-state index in [0.29, 0.717) is 46.1 Å². The van der Waals surface area contributed by atoms with Crippen molar-refractivity contribution in [1.29, 1.82) is 0 Å². The van der Waals surface area contributed by atoms with Crippen LogP contribution in [0.3, 0.4) is 0 Å². The van der Waals surface area contributed by atoms with Gasteiger partial charge in [0.1, 0.15) is 11.6 Å². The van der Waals surface area contributed by atoms with Gasteiger partial charge in [-0.05, 0) is 111 Å². The predicted molar refractivity (Wildman–Crippen MR) is 171 cm³/mol. The first kappa shape index (κ1) is 30.7. The molecule has 0 amide bonds. The van der Waals surface area contributed by atoms with E-state index >= 15 is 0 Å². The number of alkyl halides is 4. The zero-order valence-electron chi connectivity index (χ0n) is 24.7. The van der Waals surface area contributed by atoms with Crippen molar-refractivity contribution >= 4 is 75.3 Å². The number of ketones is 2. The number of Topliss-reactive ketones (excluding diaryl/α,β-unsaturated/α-hetero) is 2. The van der Waals surface area contributed by atoms with E-state index < -0.39 is 0 Å². The number of halogens is 4. The molecule has 216 valence electrons. The Kier molecular flexibility index (Phi) is 7.19. The smallest absolute Gasteiger partial charge is 0.136 e. The lowest BCUT2D eigenvalue weighted by molar-refractivity contribution is -0.145. The second-order valence-electron chi connectivity index (χ2n) is 16.1. The fourth-order valence-corrected chi connectivity index (χ4v) is 15.5. The molecule has 2 nitrogen and oxygen atoms in total. The van der Waals surface area contributed by atoms with Crippen LogP contribution in [0.2, 0.25) is 0 Å². The highest BCUT2D eigenvalue weighted by atomic mass is 79.9. The van der Waals surface area contributed by atoms with E-state index in [2.05, 4.69) is 105 Å². The summed E-state index contributed by atoms with van der Waals surface area (Å²) in [6, 6.07) is 0. The first-order valence-corrected chi connectivity index (χ1v) is 18.1. The monoisotopic (exact) mass is 780 g/mol. The number of carbonyl (C=O) groups is 2. The third-order valence-corrected chi connectivity index (χ3v) is 19.1. The van der Waals surface area contributed by atoms with Gasteiger partial charge in [0.05, 0.1) is 6.47 Å². The Bertz CT molecular complexity index is 966. The average molecular weight is 784 g/mol. The first-order valence-electron chi connectivity index (χ1n) is 15.0. The Morgan fingerprint density at radius 1 is 0.500 bits per heavy atom. The van der Waals surface area contributed by atoms with Crippen molar-refractivity contribution in [2.75, 3.05) is 0 Å². The topological polar surface area (TPSA) is 34.1 Å². The van der Waals surface area contributed by atoms with Crippen LogP contribution in [-0.4, -0.2) is 18.0 Å². The van der Waals surface area contributed by atoms with Crippen molar-refractivity contribution in [3.63, 3.8) is 0 Å². The standard InChI is InChI=1S/2C16H24Br2O/c2*1-10(19)15-7-5-6-13(2,3)11(15)12-14(4,8-9-15)16(12,17)18/h2*11-12H,5-9H2,1-4H3/t2*11-,12+,14-,15-/m11/s1. The molecule has 0 unspecified atom stereocenters. The van der Waals surface area contributed by atoms with Crippen molar-refractivity contribution in [3.8, 4) is 0 Å². The molecule has 0 aromatic carbocycles. The van der Waals surface area contributed by atoms with Gasteiger partial charge in [-0.25, -0.2) is 0 Å². The van der Waals surface area contributed by atoms with Gasteiger partial charge in [-0.1, -0.05) is 118 Å². The Hall–Kier alpha value is 1.26. The summed E-state index contributed by atoms with van der Waals surface area (Å²) in [5.41, 5.74) is 1.11. The van der Waals surface area contributed by atoms with Gasteiger partial charge in [0.2, 0.25) is 0 Å². The van der Waals surface area contributed by atoms with Crippen LogP contribution in [0.4, 0.5) is 0 Å². The van der Waals surface area contributed by atoms with Crippen molar-refractivity contribution in [1.82, 2.24) is 0 Å². The van der Waals surface area contributed by atoms with Crippen LogP contribution in [-0.2, 0) is 9.59 Å². The average Bonchev–Trinajstić information content (AvgIpc) is 3.45. The lowest BCUT2D eigenvalue weighted by Crippen LogP contribution is -2.52. The molecule has 0 bridgehead atoms. The second kappa shape index (κ2) is 8.90. The van der Waals surface area contributed by atoms with Crippen LogP contribution in [0, 0.1) is 56.2 Å². The number of fused-ring (bicyclic) bond motifs is 6. The molecule has 38 heavy (non-hydrogen) atoms. The maximum absolute atomic E-state index is 12.5. The minimum Gasteiger partial charge on any atom is -0.299 e. The van der Waals surface area contributed by atoms with Gasteiger partial charge < -0.3 is 0 Å². The number of hydrogen-bond acceptors (Lipinski definition) is 2. The summed E-state index contributed by atoms with van der Waals surface area (Å²) >= 11 is 15.7. The predicted octanol–water partition coefficient (Wildman–Crippen LogP) is 10.6. The molecule has 0 saturated heterocycles. The van der Waals surface area contributed by atoms with E-state index in [-0.39, 0.29) is 28.1 Å².